The van der Waals surface area contributed by atoms with Crippen LogP contribution in [0.4, 0.5) is 0 Å². The van der Waals surface area contributed by atoms with E-state index in [9.17, 15) is 9.90 Å². The Hall–Kier alpha value is -0.830. The van der Waals surface area contributed by atoms with Gasteiger partial charge >= 0.3 is 5.97 Å². The third-order valence-corrected chi connectivity index (χ3v) is 3.18. The summed E-state index contributed by atoms with van der Waals surface area (Å²) in [6, 6.07) is 0. The minimum Gasteiger partial charge on any atom is -0.461 e. The maximum absolute atomic E-state index is 11.9. The first-order chi connectivity index (χ1) is 6.72. The zero-order valence-corrected chi connectivity index (χ0v) is 9.96. The number of carbonyl (C=O) groups is 1. The van der Waals surface area contributed by atoms with Crippen molar-refractivity contribution in [3.05, 3.63) is 12.2 Å². The molecule has 3 nitrogen and oxygen atoms in total. The van der Waals surface area contributed by atoms with E-state index < -0.39 is 17.0 Å². The fourth-order valence-electron chi connectivity index (χ4n) is 2.02. The third-order valence-electron chi connectivity index (χ3n) is 3.18. The van der Waals surface area contributed by atoms with Crippen molar-refractivity contribution in [2.75, 3.05) is 0 Å². The molecule has 0 amide bonds. The van der Waals surface area contributed by atoms with Crippen molar-refractivity contribution in [1.29, 1.82) is 0 Å². The van der Waals surface area contributed by atoms with E-state index in [1.165, 1.54) is 0 Å². The van der Waals surface area contributed by atoms with Crippen LogP contribution >= 0.6 is 0 Å². The Labute approximate surface area is 91.1 Å². The first-order valence-corrected chi connectivity index (χ1v) is 5.33. The Morgan fingerprint density at radius 1 is 1.53 bits per heavy atom. The molecule has 0 aromatic rings. The highest BCUT2D eigenvalue weighted by atomic mass is 16.6. The number of esters is 1. The Morgan fingerprint density at radius 3 is 2.40 bits per heavy atom. The van der Waals surface area contributed by atoms with Gasteiger partial charge in [-0.05, 0) is 32.3 Å². The molecule has 1 fully saturated rings. The average molecular weight is 212 g/mol. The van der Waals surface area contributed by atoms with E-state index in [2.05, 4.69) is 6.58 Å². The molecule has 1 aliphatic carbocycles. The van der Waals surface area contributed by atoms with Crippen molar-refractivity contribution in [3.8, 4) is 0 Å². The first-order valence-electron chi connectivity index (χ1n) is 5.33. The Balaban J connectivity index is 2.98. The summed E-state index contributed by atoms with van der Waals surface area (Å²) in [6.07, 6.45) is 1.22. The lowest BCUT2D eigenvalue weighted by Gasteiger charge is -2.35. The lowest BCUT2D eigenvalue weighted by Crippen LogP contribution is -2.50. The molecule has 0 aliphatic heterocycles. The quantitative estimate of drug-likeness (QED) is 0.563. The van der Waals surface area contributed by atoms with Crippen LogP contribution in [0.15, 0.2) is 12.2 Å². The van der Waals surface area contributed by atoms with Crippen molar-refractivity contribution in [3.63, 3.8) is 0 Å². The summed E-state index contributed by atoms with van der Waals surface area (Å²) < 4.78 is 5.09. The first kappa shape index (κ1) is 12.2. The molecule has 0 saturated heterocycles. The molecule has 86 valence electrons. The van der Waals surface area contributed by atoms with Crippen LogP contribution in [-0.2, 0) is 9.53 Å². The van der Waals surface area contributed by atoms with E-state index in [1.54, 1.807) is 13.8 Å². The largest absolute Gasteiger partial charge is 0.461 e. The molecular formula is C12H20O3. The lowest BCUT2D eigenvalue weighted by atomic mass is 9.76. The SMILES string of the molecule is C=C1CCC(C)(C)C1(O)C(=O)OC(C)C. The summed E-state index contributed by atoms with van der Waals surface area (Å²) >= 11 is 0. The van der Waals surface area contributed by atoms with Crippen molar-refractivity contribution in [2.45, 2.75) is 52.2 Å². The van der Waals surface area contributed by atoms with Crippen LogP contribution in [-0.4, -0.2) is 22.8 Å². The monoisotopic (exact) mass is 212 g/mol. The van der Waals surface area contributed by atoms with Gasteiger partial charge in [-0.15, -0.1) is 0 Å². The topological polar surface area (TPSA) is 46.5 Å². The Bertz CT molecular complexity index is 291. The minimum atomic E-state index is -1.52. The maximum Gasteiger partial charge on any atom is 0.343 e. The van der Waals surface area contributed by atoms with Gasteiger partial charge in [-0.2, -0.15) is 0 Å². The average Bonchev–Trinajstić information content (AvgIpc) is 2.29. The highest BCUT2D eigenvalue weighted by Crippen LogP contribution is 2.49. The second-order valence-electron chi connectivity index (χ2n) is 5.15. The van der Waals surface area contributed by atoms with Gasteiger partial charge in [-0.3, -0.25) is 0 Å². The van der Waals surface area contributed by atoms with Gasteiger partial charge in [0.05, 0.1) is 6.10 Å². The summed E-state index contributed by atoms with van der Waals surface area (Å²) in [5, 5.41) is 10.4. The number of hydrogen-bond acceptors (Lipinski definition) is 3. The predicted molar refractivity (Wildman–Crippen MR) is 58.3 cm³/mol. The highest BCUT2D eigenvalue weighted by Gasteiger charge is 2.56. The van der Waals surface area contributed by atoms with Crippen molar-refractivity contribution >= 4 is 5.97 Å². The second-order valence-corrected chi connectivity index (χ2v) is 5.15. The standard InChI is InChI=1S/C12H20O3/c1-8(2)15-10(13)12(14)9(3)6-7-11(12,4)5/h8,14H,3,6-7H2,1-2,4-5H3. The molecule has 0 aromatic carbocycles. The molecule has 1 aliphatic rings. The Morgan fingerprint density at radius 2 is 2.07 bits per heavy atom. The Kier molecular flexibility index (Phi) is 2.97. The number of rotatable bonds is 2. The number of carbonyl (C=O) groups excluding carboxylic acids is 1. The molecule has 15 heavy (non-hydrogen) atoms. The van der Waals surface area contributed by atoms with E-state index >= 15 is 0 Å². The van der Waals surface area contributed by atoms with Gasteiger partial charge in [-0.1, -0.05) is 20.4 Å². The van der Waals surface area contributed by atoms with Crippen molar-refractivity contribution in [2.24, 2.45) is 5.41 Å². The summed E-state index contributed by atoms with van der Waals surface area (Å²) in [5.41, 5.74) is -1.44. The van der Waals surface area contributed by atoms with Crippen LogP contribution in [0.1, 0.15) is 40.5 Å². The summed E-state index contributed by atoms with van der Waals surface area (Å²) in [7, 11) is 0. The van der Waals surface area contributed by atoms with Crippen molar-refractivity contribution in [1.82, 2.24) is 0 Å². The van der Waals surface area contributed by atoms with E-state index in [-0.39, 0.29) is 6.10 Å². The van der Waals surface area contributed by atoms with Crippen molar-refractivity contribution < 1.29 is 14.6 Å². The van der Waals surface area contributed by atoms with Crippen LogP contribution < -0.4 is 0 Å². The predicted octanol–water partition coefficient (Wildman–Crippen LogP) is 2.05. The van der Waals surface area contributed by atoms with E-state index in [0.29, 0.717) is 12.0 Å². The van der Waals surface area contributed by atoms with Crippen LogP contribution in [0.25, 0.3) is 0 Å². The zero-order chi connectivity index (χ0) is 11.9. The smallest absolute Gasteiger partial charge is 0.343 e. The molecule has 0 spiro atoms. The summed E-state index contributed by atoms with van der Waals surface area (Å²) in [6.45, 7) is 11.1. The molecule has 0 radical (unpaired) electrons. The molecule has 1 N–H and O–H groups in total. The molecule has 1 rings (SSSR count). The second kappa shape index (κ2) is 3.63. The van der Waals surface area contributed by atoms with Gasteiger partial charge in [-0.25, -0.2) is 4.79 Å². The van der Waals surface area contributed by atoms with Crippen LogP contribution in [0, 0.1) is 5.41 Å². The van der Waals surface area contributed by atoms with Gasteiger partial charge in [0, 0.05) is 5.41 Å². The van der Waals surface area contributed by atoms with Gasteiger partial charge < -0.3 is 9.84 Å². The van der Waals surface area contributed by atoms with E-state index in [4.69, 9.17) is 4.74 Å². The lowest BCUT2D eigenvalue weighted by molar-refractivity contribution is -0.174. The molecule has 0 aromatic heterocycles. The van der Waals surface area contributed by atoms with Gasteiger partial charge in [0.25, 0.3) is 0 Å². The van der Waals surface area contributed by atoms with Crippen LogP contribution in [0.2, 0.25) is 0 Å². The molecular weight excluding hydrogens is 192 g/mol. The van der Waals surface area contributed by atoms with Gasteiger partial charge in [0.2, 0.25) is 0 Å². The summed E-state index contributed by atoms with van der Waals surface area (Å²) in [5.74, 6) is -0.565. The molecule has 1 saturated carbocycles. The van der Waals surface area contributed by atoms with Crippen LogP contribution in [0.5, 0.6) is 0 Å². The molecule has 1 atom stereocenters. The van der Waals surface area contributed by atoms with E-state index in [1.807, 2.05) is 13.8 Å². The molecule has 3 heteroatoms. The molecule has 1 unspecified atom stereocenters. The fraction of sp³-hybridized carbons (Fsp3) is 0.750. The number of ether oxygens (including phenoxy) is 1. The molecule has 0 bridgehead atoms. The van der Waals surface area contributed by atoms with E-state index in [0.717, 1.165) is 6.42 Å². The van der Waals surface area contributed by atoms with Crippen LogP contribution in [0.3, 0.4) is 0 Å². The number of aliphatic hydroxyl groups is 1. The fourth-order valence-corrected chi connectivity index (χ4v) is 2.02. The zero-order valence-electron chi connectivity index (χ0n) is 9.96. The third kappa shape index (κ3) is 1.81. The molecule has 0 heterocycles. The van der Waals surface area contributed by atoms with Gasteiger partial charge in [0.1, 0.15) is 0 Å². The van der Waals surface area contributed by atoms with Gasteiger partial charge in [0.15, 0.2) is 5.60 Å². The normalized spacial score (nSPS) is 29.6. The number of hydrogen-bond donors (Lipinski definition) is 1. The maximum atomic E-state index is 11.9. The minimum absolute atomic E-state index is 0.217. The highest BCUT2D eigenvalue weighted by molar-refractivity contribution is 5.85. The summed E-state index contributed by atoms with van der Waals surface area (Å²) in [4.78, 5) is 11.9.